The molecule has 2 rings (SSSR count). The van der Waals surface area contributed by atoms with E-state index in [1.807, 2.05) is 43.3 Å². The Labute approximate surface area is 154 Å². The van der Waals surface area contributed by atoms with Crippen LogP contribution < -0.4 is 16.1 Å². The molecule has 0 unspecified atom stereocenters. The number of aromatic nitrogens is 1. The molecule has 0 atom stereocenters. The number of anilines is 1. The topological polar surface area (TPSA) is 81.6 Å². The van der Waals surface area contributed by atoms with E-state index in [0.717, 1.165) is 11.1 Å². The first-order chi connectivity index (χ1) is 11.4. The number of carbonyl (C=O) groups is 1. The number of benzene rings is 1. The van der Waals surface area contributed by atoms with Gasteiger partial charge in [0.05, 0.1) is 11.9 Å². The number of allylic oxidation sites excluding steroid dienone is 1. The van der Waals surface area contributed by atoms with Crippen molar-refractivity contribution in [3.05, 3.63) is 62.4 Å². The number of hydrogen-bond acceptors (Lipinski definition) is 3. The van der Waals surface area contributed by atoms with Gasteiger partial charge in [0.1, 0.15) is 10.0 Å². The van der Waals surface area contributed by atoms with Gasteiger partial charge in [-0.2, -0.15) is 10.1 Å². The predicted octanol–water partition coefficient (Wildman–Crippen LogP) is 3.86. The number of nitrogen functional groups attached to an aromatic ring is 1. The summed E-state index contributed by atoms with van der Waals surface area (Å²) in [5, 5.41) is 3.94. The first-order valence-electron chi connectivity index (χ1n) is 6.82. The molecule has 0 saturated carbocycles. The molecule has 0 radical (unpaired) electrons. The lowest BCUT2D eigenvalue weighted by Gasteiger charge is -2.02. The molecule has 0 aliphatic rings. The van der Waals surface area contributed by atoms with Gasteiger partial charge in [-0.15, -0.1) is 0 Å². The van der Waals surface area contributed by atoms with Crippen molar-refractivity contribution in [1.29, 1.82) is 0 Å². The third-order valence-electron chi connectivity index (χ3n) is 2.98. The fourth-order valence-corrected chi connectivity index (χ4v) is 2.44. The molecule has 0 bridgehead atoms. The van der Waals surface area contributed by atoms with Gasteiger partial charge in [0.25, 0.3) is 10.8 Å². The molecule has 1 aromatic carbocycles. The van der Waals surface area contributed by atoms with E-state index in [0.29, 0.717) is 0 Å². The third kappa shape index (κ3) is 4.47. The van der Waals surface area contributed by atoms with Crippen molar-refractivity contribution >= 4 is 58.7 Å². The van der Waals surface area contributed by atoms with E-state index in [1.54, 1.807) is 0 Å². The Morgan fingerprint density at radius 2 is 1.88 bits per heavy atom. The summed E-state index contributed by atoms with van der Waals surface area (Å²) in [5.74, 6) is -0.589. The molecule has 2 aromatic rings. The van der Waals surface area contributed by atoms with Crippen LogP contribution in [-0.4, -0.2) is 12.1 Å². The lowest BCUT2D eigenvalue weighted by atomic mass is 10.1. The Morgan fingerprint density at radius 3 is 2.54 bits per heavy atom. The van der Waals surface area contributed by atoms with Crippen molar-refractivity contribution in [2.24, 2.45) is 5.10 Å². The number of hydrazone groups is 1. The van der Waals surface area contributed by atoms with Crippen molar-refractivity contribution in [3.63, 3.8) is 0 Å². The van der Waals surface area contributed by atoms with Gasteiger partial charge < -0.3 is 5.73 Å². The molecule has 0 saturated heterocycles. The Balaban J connectivity index is 2.10. The smallest absolute Gasteiger partial charge is 0.337 e. The summed E-state index contributed by atoms with van der Waals surface area (Å²) in [6, 6.07) is 9.73. The van der Waals surface area contributed by atoms with Crippen LogP contribution in [0.15, 0.2) is 41.0 Å². The van der Waals surface area contributed by atoms with E-state index in [1.165, 1.54) is 6.21 Å². The predicted molar refractivity (Wildman–Crippen MR) is 98.5 cm³/mol. The Kier molecular flexibility index (Phi) is 6.20. The van der Waals surface area contributed by atoms with Crippen molar-refractivity contribution < 1.29 is 9.78 Å². The molecule has 8 heteroatoms. The number of nitrogens with two attached hydrogens (primary N) is 1. The molecule has 0 aliphatic heterocycles. The number of hydrogen-bond donors (Lipinski definition) is 2. The van der Waals surface area contributed by atoms with Crippen LogP contribution in [0.25, 0.3) is 6.08 Å². The Hall–Kier alpha value is -2.08. The van der Waals surface area contributed by atoms with Gasteiger partial charge in [-0.3, -0.25) is 4.79 Å². The zero-order valence-electron chi connectivity index (χ0n) is 12.6. The van der Waals surface area contributed by atoms with Crippen LogP contribution in [0.1, 0.15) is 23.0 Å². The van der Waals surface area contributed by atoms with Crippen LogP contribution in [0, 0.1) is 0 Å². The zero-order chi connectivity index (χ0) is 17.7. The largest absolute Gasteiger partial charge is 0.396 e. The molecule has 4 N–H and O–H groups in total. The fraction of sp³-hybridized carbons (Fsp3) is 0.0625. The minimum absolute atomic E-state index is 0.0198. The first kappa shape index (κ1) is 18.3. The van der Waals surface area contributed by atoms with Gasteiger partial charge in [-0.25, -0.2) is 5.43 Å². The molecule has 24 heavy (non-hydrogen) atoms. The summed E-state index contributed by atoms with van der Waals surface area (Å²) < 4.78 is 0. The highest BCUT2D eigenvalue weighted by Crippen LogP contribution is 2.31. The van der Waals surface area contributed by atoms with Crippen LogP contribution in [0.4, 0.5) is 5.69 Å². The highest BCUT2D eigenvalue weighted by atomic mass is 35.5. The first-order valence-corrected chi connectivity index (χ1v) is 7.95. The molecule has 124 valence electrons. The molecule has 1 aromatic heterocycles. The zero-order valence-corrected chi connectivity index (χ0v) is 14.9. The van der Waals surface area contributed by atoms with Gasteiger partial charge in [0, 0.05) is 0 Å². The minimum Gasteiger partial charge on any atom is -0.396 e. The van der Waals surface area contributed by atoms with E-state index >= 15 is 0 Å². The Bertz CT molecular complexity index is 820. The van der Waals surface area contributed by atoms with Gasteiger partial charge in [-0.05, 0) is 29.7 Å². The second kappa shape index (κ2) is 8.15. The van der Waals surface area contributed by atoms with Crippen molar-refractivity contribution in [2.45, 2.75) is 6.92 Å². The molecular formula is C16H14Cl3N4O+. The quantitative estimate of drug-likeness (QED) is 0.477. The van der Waals surface area contributed by atoms with Crippen molar-refractivity contribution in [2.75, 3.05) is 5.73 Å². The highest BCUT2D eigenvalue weighted by Gasteiger charge is 2.25. The van der Waals surface area contributed by atoms with Gasteiger partial charge in [0.2, 0.25) is 0 Å². The number of nitrogens with one attached hydrogen (secondary N) is 2. The van der Waals surface area contributed by atoms with Crippen LogP contribution in [-0.2, 0) is 0 Å². The number of rotatable bonds is 4. The second-order valence-electron chi connectivity index (χ2n) is 4.85. The van der Waals surface area contributed by atoms with Crippen LogP contribution in [0.3, 0.4) is 0 Å². The summed E-state index contributed by atoms with van der Waals surface area (Å²) in [4.78, 5) is 14.7. The third-order valence-corrected chi connectivity index (χ3v) is 4.14. The molecule has 1 heterocycles. The summed E-state index contributed by atoms with van der Waals surface area (Å²) in [7, 11) is 0. The van der Waals surface area contributed by atoms with Gasteiger partial charge in [0.15, 0.2) is 0 Å². The van der Waals surface area contributed by atoms with E-state index in [9.17, 15) is 4.79 Å². The molecule has 5 nitrogen and oxygen atoms in total. The highest BCUT2D eigenvalue weighted by molar-refractivity contribution is 6.45. The number of amides is 1. The van der Waals surface area contributed by atoms with E-state index < -0.39 is 5.91 Å². The molecule has 0 spiro atoms. The maximum Gasteiger partial charge on any atom is 0.337 e. The number of pyridine rings is 1. The summed E-state index contributed by atoms with van der Waals surface area (Å²) in [6.45, 7) is 1.86. The van der Waals surface area contributed by atoms with E-state index in [-0.39, 0.29) is 26.6 Å². The average Bonchev–Trinajstić information content (AvgIpc) is 2.57. The maximum absolute atomic E-state index is 12.1. The molecular weight excluding hydrogens is 371 g/mol. The van der Waals surface area contributed by atoms with Crippen LogP contribution in [0.2, 0.25) is 15.2 Å². The summed E-state index contributed by atoms with van der Waals surface area (Å²) in [6.07, 6.45) is 3.44. The second-order valence-corrected chi connectivity index (χ2v) is 5.99. The molecule has 0 fully saturated rings. The monoisotopic (exact) mass is 383 g/mol. The Morgan fingerprint density at radius 1 is 1.21 bits per heavy atom. The number of carbonyl (C=O) groups excluding carboxylic acids is 1. The lowest BCUT2D eigenvalue weighted by molar-refractivity contribution is -0.379. The maximum atomic E-state index is 12.1. The number of aromatic amines is 1. The van der Waals surface area contributed by atoms with Crippen LogP contribution >= 0.6 is 34.8 Å². The lowest BCUT2D eigenvalue weighted by Crippen LogP contribution is -2.28. The van der Waals surface area contributed by atoms with Crippen molar-refractivity contribution in [3.8, 4) is 0 Å². The standard InChI is InChI=1S/C16H13Cl3N4O/c1-9(7-10-5-3-2-4-6-10)8-21-23-16(24)14-11(17)13(20)12(18)15(19)22-14/h2-8H,1H3,(H2,20,22)(H,23,24)/p+1/b9-7+,21-8-. The van der Waals surface area contributed by atoms with Crippen LogP contribution in [0.5, 0.6) is 0 Å². The van der Waals surface area contributed by atoms with Gasteiger partial charge in [-0.1, -0.05) is 59.6 Å². The van der Waals surface area contributed by atoms with E-state index in [2.05, 4.69) is 15.5 Å². The minimum atomic E-state index is -0.589. The van der Waals surface area contributed by atoms with Gasteiger partial charge >= 0.3 is 5.91 Å². The molecule has 1 amide bonds. The average molecular weight is 385 g/mol. The summed E-state index contributed by atoms with van der Waals surface area (Å²) >= 11 is 17.7. The number of halogens is 3. The van der Waals surface area contributed by atoms with E-state index in [4.69, 9.17) is 40.5 Å². The summed E-state index contributed by atoms with van der Waals surface area (Å²) in [5.41, 5.74) is 9.92. The number of nitrogens with zero attached hydrogens (tertiary/aromatic N) is 1. The SMILES string of the molecule is CC(/C=N\NC(=O)c1[nH+]c(Cl)c(Cl)c(N)c1Cl)=C\c1ccccc1. The normalized spacial score (nSPS) is 11.8. The van der Waals surface area contributed by atoms with Crippen molar-refractivity contribution in [1.82, 2.24) is 5.43 Å². The molecule has 0 aliphatic carbocycles. The fourth-order valence-electron chi connectivity index (χ4n) is 1.82. The number of H-pyrrole nitrogens is 1.